The average Bonchev–Trinajstić information content (AvgIpc) is 2.82. The van der Waals surface area contributed by atoms with Gasteiger partial charge in [0.1, 0.15) is 22.8 Å². The number of fused-ring (bicyclic) bond motifs is 3. The summed E-state index contributed by atoms with van der Waals surface area (Å²) in [5, 5.41) is 56.8. The number of phenols is 1. The first kappa shape index (κ1) is 27.8. The number of phenolic OH excluding ortho intramolecular Hbond substituents is 1. The first-order valence-electron chi connectivity index (χ1n) is 12.8. The van der Waals surface area contributed by atoms with Crippen molar-refractivity contribution in [3.63, 3.8) is 0 Å². The van der Waals surface area contributed by atoms with Crippen molar-refractivity contribution in [1.82, 2.24) is 4.90 Å². The summed E-state index contributed by atoms with van der Waals surface area (Å²) in [5.74, 6) is -8.24. The maximum Gasteiger partial charge on any atom is 0.255 e. The highest BCUT2D eigenvalue weighted by molar-refractivity contribution is 6.24. The van der Waals surface area contributed by atoms with Crippen LogP contribution in [-0.2, 0) is 20.8 Å². The lowest BCUT2D eigenvalue weighted by Gasteiger charge is -2.53. The Morgan fingerprint density at radius 3 is 2.34 bits per heavy atom. The third kappa shape index (κ3) is 3.77. The van der Waals surface area contributed by atoms with Crippen molar-refractivity contribution in [2.75, 3.05) is 14.1 Å². The summed E-state index contributed by atoms with van der Waals surface area (Å²) in [7, 11) is 2.95. The molecule has 0 spiro atoms. The fourth-order valence-electron chi connectivity index (χ4n) is 6.56. The number of carbonyl (C=O) groups is 3. The van der Waals surface area contributed by atoms with E-state index >= 15 is 0 Å². The summed E-state index contributed by atoms with van der Waals surface area (Å²) in [5.41, 5.74) is 2.23. The number of nitrogens with zero attached hydrogens (tertiary/aromatic N) is 1. The molecular formula is C28H36N2O8. The van der Waals surface area contributed by atoms with Crippen LogP contribution in [0.25, 0.3) is 5.76 Å². The Hall–Kier alpha value is -3.21. The minimum absolute atomic E-state index is 0.0306. The lowest BCUT2D eigenvalue weighted by molar-refractivity contribution is -0.169. The van der Waals surface area contributed by atoms with Crippen LogP contribution < -0.4 is 5.73 Å². The zero-order chi connectivity index (χ0) is 28.4. The van der Waals surface area contributed by atoms with E-state index in [1.165, 1.54) is 19.0 Å². The number of hydrogen-bond donors (Lipinski definition) is 6. The third-order valence-corrected chi connectivity index (χ3v) is 8.44. The quantitative estimate of drug-likeness (QED) is 0.298. The van der Waals surface area contributed by atoms with Crippen LogP contribution in [-0.4, -0.2) is 79.7 Å². The van der Waals surface area contributed by atoms with Gasteiger partial charge >= 0.3 is 0 Å². The maximum absolute atomic E-state index is 14.0. The topological polar surface area (TPSA) is 182 Å². The number of likely N-dealkylation sites (N-methyl/N-ethyl adjacent to an activating group) is 1. The van der Waals surface area contributed by atoms with E-state index in [0.717, 1.165) is 12.8 Å². The molecule has 0 bridgehead atoms. The summed E-state index contributed by atoms with van der Waals surface area (Å²) in [6.07, 6.45) is 0.672. The Balaban J connectivity index is 1.94. The van der Waals surface area contributed by atoms with Crippen LogP contribution in [0.3, 0.4) is 0 Å². The molecule has 6 unspecified atom stereocenters. The van der Waals surface area contributed by atoms with Gasteiger partial charge in [-0.25, -0.2) is 0 Å². The van der Waals surface area contributed by atoms with Crippen molar-refractivity contribution >= 4 is 23.2 Å². The van der Waals surface area contributed by atoms with Gasteiger partial charge in [0.05, 0.1) is 23.6 Å². The number of ketones is 2. The fraction of sp³-hybridized carbons (Fsp3) is 0.536. The number of aliphatic hydroxyl groups excluding tert-OH is 3. The SMILES string of the molecule is CC(C)CCCc1ccc2c(c1O)C(O)=C1C(=O)C3(O)C(O)=C(C(N)=O)C(=O)C(N(C)C)C3C(O)C1C2C. The molecule has 38 heavy (non-hydrogen) atoms. The molecule has 4 rings (SSSR count). The molecule has 0 aromatic heterocycles. The molecule has 10 nitrogen and oxygen atoms in total. The van der Waals surface area contributed by atoms with Crippen LogP contribution in [0.15, 0.2) is 29.0 Å². The molecule has 1 aromatic carbocycles. The van der Waals surface area contributed by atoms with Crippen molar-refractivity contribution < 1.29 is 39.9 Å². The van der Waals surface area contributed by atoms with E-state index in [9.17, 15) is 39.9 Å². The van der Waals surface area contributed by atoms with E-state index in [-0.39, 0.29) is 16.9 Å². The van der Waals surface area contributed by atoms with Gasteiger partial charge in [-0.15, -0.1) is 0 Å². The normalized spacial score (nSPS) is 31.0. The molecule has 10 heteroatoms. The van der Waals surface area contributed by atoms with Gasteiger partial charge in [0.2, 0.25) is 5.78 Å². The molecule has 0 aliphatic heterocycles. The molecule has 1 aromatic rings. The number of Topliss-reactive ketones (excluding diaryl/α,β-unsaturated/α-hetero) is 2. The number of hydrogen-bond acceptors (Lipinski definition) is 9. The standard InChI is InChI=1S/C28H36N2O8/c1-11(2)7-6-8-13-9-10-14-12(3)15-17(22(32)16(14)21(13)31)25(35)28(38)19(23(15)33)20(30(4)5)24(34)18(26(28)36)27(29)37/h9-12,15,19-20,23,31-33,36,38H,6-8H2,1-5H3,(H2,29,37). The van der Waals surface area contributed by atoms with Crippen molar-refractivity contribution in [3.05, 3.63) is 45.7 Å². The third-order valence-electron chi connectivity index (χ3n) is 8.44. The van der Waals surface area contributed by atoms with Crippen LogP contribution in [0, 0.1) is 17.8 Å². The summed E-state index contributed by atoms with van der Waals surface area (Å²) in [6.45, 7) is 5.90. The van der Waals surface area contributed by atoms with Crippen LogP contribution in [0.5, 0.6) is 5.75 Å². The Morgan fingerprint density at radius 2 is 1.79 bits per heavy atom. The molecule has 1 amide bonds. The molecule has 3 aliphatic rings. The van der Waals surface area contributed by atoms with Crippen LogP contribution in [0.2, 0.25) is 0 Å². The number of primary amides is 1. The van der Waals surface area contributed by atoms with E-state index in [1.54, 1.807) is 19.1 Å². The van der Waals surface area contributed by atoms with E-state index in [4.69, 9.17) is 5.73 Å². The van der Waals surface area contributed by atoms with Gasteiger partial charge in [0, 0.05) is 11.5 Å². The Morgan fingerprint density at radius 1 is 1.16 bits per heavy atom. The number of nitrogens with two attached hydrogens (primary N) is 1. The van der Waals surface area contributed by atoms with Crippen molar-refractivity contribution in [2.24, 2.45) is 23.5 Å². The lowest BCUT2D eigenvalue weighted by atomic mass is 9.54. The second-order valence-corrected chi connectivity index (χ2v) is 11.4. The average molecular weight is 529 g/mol. The number of aliphatic hydroxyl groups is 4. The summed E-state index contributed by atoms with van der Waals surface area (Å²) in [6, 6.07) is 2.14. The second kappa shape index (κ2) is 9.52. The predicted molar refractivity (Wildman–Crippen MR) is 138 cm³/mol. The van der Waals surface area contributed by atoms with Crippen molar-refractivity contribution in [2.45, 2.75) is 63.7 Å². The molecule has 0 saturated heterocycles. The minimum atomic E-state index is -2.91. The summed E-state index contributed by atoms with van der Waals surface area (Å²) < 4.78 is 0. The highest BCUT2D eigenvalue weighted by Crippen LogP contribution is 2.56. The first-order valence-corrected chi connectivity index (χ1v) is 12.8. The number of rotatable bonds is 6. The maximum atomic E-state index is 14.0. The highest BCUT2D eigenvalue weighted by Gasteiger charge is 2.68. The second-order valence-electron chi connectivity index (χ2n) is 11.4. The Bertz CT molecular complexity index is 1280. The molecule has 1 saturated carbocycles. The lowest BCUT2D eigenvalue weighted by Crippen LogP contribution is -2.70. The summed E-state index contributed by atoms with van der Waals surface area (Å²) in [4.78, 5) is 40.6. The number of benzene rings is 1. The van der Waals surface area contributed by atoms with Gasteiger partial charge < -0.3 is 31.3 Å². The first-order chi connectivity index (χ1) is 17.7. The molecular weight excluding hydrogens is 492 g/mol. The van der Waals surface area contributed by atoms with Gasteiger partial charge in [-0.05, 0) is 49.9 Å². The smallest absolute Gasteiger partial charge is 0.255 e. The number of carbonyl (C=O) groups excluding carboxylic acids is 3. The van der Waals surface area contributed by atoms with E-state index in [0.29, 0.717) is 23.5 Å². The largest absolute Gasteiger partial charge is 0.508 e. The Labute approximate surface area is 221 Å². The van der Waals surface area contributed by atoms with E-state index in [1.807, 2.05) is 0 Å². The zero-order valence-corrected chi connectivity index (χ0v) is 22.2. The molecule has 0 heterocycles. The highest BCUT2D eigenvalue weighted by atomic mass is 16.4. The zero-order valence-electron chi connectivity index (χ0n) is 22.2. The number of aryl methyl sites for hydroxylation is 1. The van der Waals surface area contributed by atoms with Crippen LogP contribution in [0.4, 0.5) is 0 Å². The summed E-state index contributed by atoms with van der Waals surface area (Å²) >= 11 is 0. The molecule has 206 valence electrons. The van der Waals surface area contributed by atoms with Crippen molar-refractivity contribution in [3.8, 4) is 5.75 Å². The minimum Gasteiger partial charge on any atom is -0.508 e. The van der Waals surface area contributed by atoms with E-state index in [2.05, 4.69) is 13.8 Å². The molecule has 6 atom stereocenters. The predicted octanol–water partition coefficient (Wildman–Crippen LogP) is 1.47. The van der Waals surface area contributed by atoms with Gasteiger partial charge in [0.15, 0.2) is 11.4 Å². The fourth-order valence-corrected chi connectivity index (χ4v) is 6.56. The van der Waals surface area contributed by atoms with Crippen LogP contribution >= 0.6 is 0 Å². The van der Waals surface area contributed by atoms with Gasteiger partial charge in [-0.2, -0.15) is 0 Å². The molecule has 1 fully saturated rings. The Kier molecular flexibility index (Phi) is 6.97. The molecule has 7 N–H and O–H groups in total. The monoisotopic (exact) mass is 528 g/mol. The van der Waals surface area contributed by atoms with Crippen molar-refractivity contribution in [1.29, 1.82) is 0 Å². The van der Waals surface area contributed by atoms with Crippen LogP contribution in [0.1, 0.15) is 56.2 Å². The van der Waals surface area contributed by atoms with E-state index < -0.39 is 70.1 Å². The molecule has 3 aliphatic carbocycles. The van der Waals surface area contributed by atoms with Gasteiger partial charge in [-0.1, -0.05) is 39.3 Å². The van der Waals surface area contributed by atoms with Gasteiger partial charge in [-0.3, -0.25) is 19.3 Å². The number of amides is 1. The van der Waals surface area contributed by atoms with Gasteiger partial charge in [0.25, 0.3) is 5.91 Å². The number of aromatic hydroxyl groups is 1. The molecule has 0 radical (unpaired) electrons.